The first-order valence-electron chi connectivity index (χ1n) is 23.8. The summed E-state index contributed by atoms with van der Waals surface area (Å²) < 4.78 is 13.5. The molecule has 5 nitrogen and oxygen atoms in total. The third-order valence-corrected chi connectivity index (χ3v) is 13.9. The summed E-state index contributed by atoms with van der Waals surface area (Å²) in [6.45, 7) is 29.7. The van der Waals surface area contributed by atoms with Gasteiger partial charge in [-0.15, -0.1) is 0 Å². The number of nitrogens with zero attached hydrogens (tertiary/aromatic N) is 4. The average molecular weight is 883 g/mol. The second-order valence-electron chi connectivity index (χ2n) is 22.6. The van der Waals surface area contributed by atoms with Gasteiger partial charge in [0.2, 0.25) is 0 Å². The molecule has 6 aromatic carbocycles. The molecule has 3 aromatic heterocycles. The second kappa shape index (κ2) is 16.6. The Bertz CT molecular complexity index is 3250. The highest BCUT2D eigenvalue weighted by molar-refractivity contribution is 6.09. The van der Waals surface area contributed by atoms with E-state index in [-0.39, 0.29) is 27.1 Å². The molecule has 0 aliphatic heterocycles. The van der Waals surface area contributed by atoms with Gasteiger partial charge in [0, 0.05) is 40.1 Å². The minimum absolute atomic E-state index is 0.00819. The predicted octanol–water partition coefficient (Wildman–Crippen LogP) is 15.4. The molecule has 0 amide bonds. The molecular formula is C62H66N4O. The average Bonchev–Trinajstić information content (AvgIpc) is 3.89. The van der Waals surface area contributed by atoms with Gasteiger partial charge in [0.15, 0.2) is 0 Å². The Labute approximate surface area is 398 Å². The van der Waals surface area contributed by atoms with Gasteiger partial charge in [-0.25, -0.2) is 4.98 Å². The summed E-state index contributed by atoms with van der Waals surface area (Å²) in [4.78, 5) is 4.95. The predicted molar refractivity (Wildman–Crippen MR) is 278 cm³/mol. The van der Waals surface area contributed by atoms with Gasteiger partial charge in [0.05, 0.1) is 28.1 Å². The minimum atomic E-state index is -0.368. The van der Waals surface area contributed by atoms with Crippen molar-refractivity contribution in [1.82, 2.24) is 14.1 Å². The van der Waals surface area contributed by atoms with Gasteiger partial charge in [0.1, 0.15) is 17.3 Å². The van der Waals surface area contributed by atoms with E-state index in [1.165, 1.54) is 38.8 Å². The molecule has 9 aromatic rings. The summed E-state index contributed by atoms with van der Waals surface area (Å²) in [5.41, 5.74) is 12.2. The molecule has 0 N–H and O–H groups in total. The molecule has 0 spiro atoms. The summed E-state index contributed by atoms with van der Waals surface area (Å²) in [6.07, 6.45) is 8.02. The highest BCUT2D eigenvalue weighted by atomic mass is 16.5. The number of benzene rings is 6. The Morgan fingerprint density at radius 2 is 1.07 bits per heavy atom. The third kappa shape index (κ3) is 8.73. The van der Waals surface area contributed by atoms with Crippen LogP contribution < -0.4 is 9.30 Å². The normalized spacial score (nSPS) is 12.9. The van der Waals surface area contributed by atoms with Crippen LogP contribution in [0.1, 0.15) is 129 Å². The van der Waals surface area contributed by atoms with Crippen LogP contribution in [0.4, 0.5) is 0 Å². The molecule has 67 heavy (non-hydrogen) atoms. The van der Waals surface area contributed by atoms with Gasteiger partial charge in [-0.2, -0.15) is 0 Å². The van der Waals surface area contributed by atoms with Crippen molar-refractivity contribution in [2.75, 3.05) is 0 Å². The van der Waals surface area contributed by atoms with Crippen LogP contribution in [0.15, 0.2) is 164 Å². The summed E-state index contributed by atoms with van der Waals surface area (Å²) in [7, 11) is 0. The SMILES string of the molecule is CC(C)(C)c1cc(-[n+]2[c-]n(-c3cccc(Oc4ccc5c6cc(C(C)(C)C)ccc6n(-c6cc(C(C)(C)C)ccn6)c5c4)c3)cc2C(C)(C)c2ccccc2)cc(C(C)(C)c2ccccc2)c1. The van der Waals surface area contributed by atoms with Gasteiger partial charge in [-0.3, -0.25) is 13.7 Å². The van der Waals surface area contributed by atoms with Crippen LogP contribution in [0, 0.1) is 6.33 Å². The number of hydrogen-bond donors (Lipinski definition) is 0. The summed E-state index contributed by atoms with van der Waals surface area (Å²) >= 11 is 0. The van der Waals surface area contributed by atoms with Gasteiger partial charge in [0.25, 0.3) is 6.33 Å². The lowest BCUT2D eigenvalue weighted by Gasteiger charge is -2.31. The Kier molecular flexibility index (Phi) is 11.2. The zero-order valence-electron chi connectivity index (χ0n) is 41.8. The highest BCUT2D eigenvalue weighted by Gasteiger charge is 2.31. The largest absolute Gasteiger partial charge is 0.458 e. The fourth-order valence-electron chi connectivity index (χ4n) is 9.32. The minimum Gasteiger partial charge on any atom is -0.458 e. The molecule has 0 unspecified atom stereocenters. The Balaban J connectivity index is 1.16. The van der Waals surface area contributed by atoms with Crippen LogP contribution in [-0.2, 0) is 27.1 Å². The lowest BCUT2D eigenvalue weighted by atomic mass is 9.75. The Hall–Kier alpha value is -6.72. The van der Waals surface area contributed by atoms with Crippen LogP contribution >= 0.6 is 0 Å². The van der Waals surface area contributed by atoms with Crippen molar-refractivity contribution in [2.45, 2.75) is 117 Å². The monoisotopic (exact) mass is 883 g/mol. The van der Waals surface area contributed by atoms with E-state index in [2.05, 4.69) is 262 Å². The van der Waals surface area contributed by atoms with E-state index < -0.39 is 0 Å². The van der Waals surface area contributed by atoms with Crippen molar-refractivity contribution in [3.8, 4) is 28.7 Å². The molecule has 0 aliphatic carbocycles. The third-order valence-electron chi connectivity index (χ3n) is 13.9. The number of ether oxygens (including phenoxy) is 1. The van der Waals surface area contributed by atoms with Crippen LogP contribution in [-0.4, -0.2) is 14.1 Å². The highest BCUT2D eigenvalue weighted by Crippen LogP contribution is 2.40. The van der Waals surface area contributed by atoms with Crippen LogP contribution in [0.2, 0.25) is 0 Å². The quantitative estimate of drug-likeness (QED) is 0.107. The summed E-state index contributed by atoms with van der Waals surface area (Å²) in [5, 5.41) is 2.37. The van der Waals surface area contributed by atoms with Gasteiger partial charge in [-0.1, -0.05) is 169 Å². The van der Waals surface area contributed by atoms with E-state index in [1.807, 2.05) is 12.3 Å². The lowest BCUT2D eigenvalue weighted by Crippen LogP contribution is -2.41. The standard InChI is InChI=1S/C62H66N4O/c1-58(2,3)44-27-30-54-53(36-44)52-29-28-51(39-55(52)66(54)57-37-45(31-32-63-57)59(4,5)6)67-50-26-20-25-48(38-50)64-40-56(62(12,13)43-23-18-15-19-24-43)65(41-64)49-34-46(60(7,8)9)33-47(35-49)61(10,11)42-21-16-14-17-22-42/h14-40H,1-13H3. The van der Waals surface area contributed by atoms with E-state index in [1.54, 1.807) is 0 Å². The topological polar surface area (TPSA) is 35.9 Å². The maximum absolute atomic E-state index is 6.83. The van der Waals surface area contributed by atoms with Crippen molar-refractivity contribution in [3.63, 3.8) is 0 Å². The van der Waals surface area contributed by atoms with Crippen LogP contribution in [0.5, 0.6) is 11.5 Å². The molecule has 0 atom stereocenters. The Morgan fingerprint density at radius 3 is 1.73 bits per heavy atom. The van der Waals surface area contributed by atoms with Gasteiger partial charge < -0.3 is 4.74 Å². The molecule has 340 valence electrons. The fraction of sp³-hybridized carbons (Fsp3) is 0.290. The first kappa shape index (κ1) is 45.4. The molecule has 0 aliphatic rings. The smallest absolute Gasteiger partial charge is 0.269 e. The van der Waals surface area contributed by atoms with Crippen molar-refractivity contribution in [2.24, 2.45) is 0 Å². The van der Waals surface area contributed by atoms with Crippen LogP contribution in [0.3, 0.4) is 0 Å². The Morgan fingerprint density at radius 1 is 0.463 bits per heavy atom. The fourth-order valence-corrected chi connectivity index (χ4v) is 9.32. The molecule has 0 fully saturated rings. The number of aromatic nitrogens is 4. The molecule has 3 heterocycles. The number of imidazole rings is 1. The number of pyridine rings is 1. The molecule has 0 saturated carbocycles. The first-order valence-corrected chi connectivity index (χ1v) is 23.8. The molecule has 0 bridgehead atoms. The van der Waals surface area contributed by atoms with Gasteiger partial charge >= 0.3 is 0 Å². The summed E-state index contributed by atoms with van der Waals surface area (Å²) in [6, 6.07) is 54.8. The zero-order chi connectivity index (χ0) is 47.7. The van der Waals surface area contributed by atoms with Crippen molar-refractivity contribution < 1.29 is 9.30 Å². The number of fused-ring (bicyclic) bond motifs is 3. The van der Waals surface area contributed by atoms with E-state index in [9.17, 15) is 0 Å². The van der Waals surface area contributed by atoms with E-state index in [0.717, 1.165) is 50.8 Å². The summed E-state index contributed by atoms with van der Waals surface area (Å²) in [5.74, 6) is 2.38. The van der Waals surface area contributed by atoms with Gasteiger partial charge in [-0.05, 0) is 116 Å². The molecule has 0 radical (unpaired) electrons. The van der Waals surface area contributed by atoms with Crippen LogP contribution in [0.25, 0.3) is 39.0 Å². The molecule has 0 saturated heterocycles. The van der Waals surface area contributed by atoms with E-state index in [4.69, 9.17) is 9.72 Å². The number of rotatable bonds is 9. The van der Waals surface area contributed by atoms with Crippen molar-refractivity contribution in [3.05, 3.63) is 209 Å². The lowest BCUT2D eigenvalue weighted by molar-refractivity contribution is -0.611. The molecular weight excluding hydrogens is 817 g/mol. The maximum Gasteiger partial charge on any atom is 0.269 e. The molecule has 5 heteroatoms. The van der Waals surface area contributed by atoms with E-state index >= 15 is 0 Å². The van der Waals surface area contributed by atoms with Crippen molar-refractivity contribution >= 4 is 21.8 Å². The van der Waals surface area contributed by atoms with E-state index in [0.29, 0.717) is 0 Å². The first-order chi connectivity index (χ1) is 31.6. The number of hydrogen-bond acceptors (Lipinski definition) is 2. The zero-order valence-corrected chi connectivity index (χ0v) is 41.8. The maximum atomic E-state index is 6.83. The molecule has 9 rings (SSSR count). The second-order valence-corrected chi connectivity index (χ2v) is 22.6. The van der Waals surface area contributed by atoms with Crippen molar-refractivity contribution in [1.29, 1.82) is 0 Å².